The lowest BCUT2D eigenvalue weighted by Crippen LogP contribution is -2.43. The van der Waals surface area contributed by atoms with Gasteiger partial charge in [-0.3, -0.25) is 4.79 Å². The van der Waals surface area contributed by atoms with Crippen LogP contribution in [0.25, 0.3) is 5.52 Å². The van der Waals surface area contributed by atoms with Gasteiger partial charge in [0.1, 0.15) is 5.69 Å². The van der Waals surface area contributed by atoms with E-state index >= 15 is 0 Å². The van der Waals surface area contributed by atoms with E-state index in [0.29, 0.717) is 17.8 Å². The zero-order valence-electron chi connectivity index (χ0n) is 11.4. The summed E-state index contributed by atoms with van der Waals surface area (Å²) in [7, 11) is 0. The number of rotatable bonds is 2. The zero-order valence-corrected chi connectivity index (χ0v) is 13.0. The lowest BCUT2D eigenvalue weighted by atomic mass is 9.95. The molecule has 3 atom stereocenters. The van der Waals surface area contributed by atoms with Crippen LogP contribution in [0.1, 0.15) is 29.8 Å². The van der Waals surface area contributed by atoms with Crippen molar-refractivity contribution in [2.45, 2.75) is 37.4 Å². The molecule has 2 aliphatic heterocycles. The van der Waals surface area contributed by atoms with E-state index in [1.54, 1.807) is 6.33 Å². The highest BCUT2D eigenvalue weighted by Crippen LogP contribution is 2.28. The normalized spacial score (nSPS) is 26.2. The molecule has 4 rings (SSSR count). The van der Waals surface area contributed by atoms with Gasteiger partial charge in [-0.1, -0.05) is 0 Å². The summed E-state index contributed by atoms with van der Waals surface area (Å²) >= 11 is 0. The van der Waals surface area contributed by atoms with Gasteiger partial charge in [0, 0.05) is 29.8 Å². The molecular weight excluding hydrogens is 311 g/mol. The van der Waals surface area contributed by atoms with Gasteiger partial charge in [-0.05, 0) is 37.5 Å². The van der Waals surface area contributed by atoms with Gasteiger partial charge in [-0.15, -0.1) is 24.8 Å². The largest absolute Gasteiger partial charge is 0.346 e. The highest BCUT2D eigenvalue weighted by molar-refractivity contribution is 5.93. The van der Waals surface area contributed by atoms with Gasteiger partial charge < -0.3 is 15.0 Å². The Bertz CT molecular complexity index is 645. The van der Waals surface area contributed by atoms with E-state index in [4.69, 9.17) is 0 Å². The highest BCUT2D eigenvalue weighted by atomic mass is 35.5. The van der Waals surface area contributed by atoms with Gasteiger partial charge in [0.2, 0.25) is 0 Å². The average molecular weight is 329 g/mol. The average Bonchev–Trinajstić information content (AvgIpc) is 3.13. The number of nitrogens with zero attached hydrogens (tertiary/aromatic N) is 2. The molecule has 5 nitrogen and oxygen atoms in total. The molecule has 2 bridgehead atoms. The summed E-state index contributed by atoms with van der Waals surface area (Å²) in [6.45, 7) is 0. The maximum absolute atomic E-state index is 12.2. The lowest BCUT2D eigenvalue weighted by molar-refractivity contribution is 0.0926. The molecule has 2 saturated heterocycles. The second-order valence-electron chi connectivity index (χ2n) is 5.48. The van der Waals surface area contributed by atoms with Crippen molar-refractivity contribution in [1.82, 2.24) is 20.0 Å². The molecule has 114 valence electrons. The number of carbonyl (C=O) groups is 1. The Balaban J connectivity index is 0.000000807. The van der Waals surface area contributed by atoms with Crippen molar-refractivity contribution in [3.05, 3.63) is 36.4 Å². The smallest absolute Gasteiger partial charge is 0.270 e. The van der Waals surface area contributed by atoms with Gasteiger partial charge >= 0.3 is 0 Å². The van der Waals surface area contributed by atoms with E-state index in [2.05, 4.69) is 15.6 Å². The van der Waals surface area contributed by atoms with Crippen molar-refractivity contribution in [3.8, 4) is 0 Å². The first kappa shape index (κ1) is 16.1. The number of carbonyl (C=O) groups excluding carboxylic acids is 1. The second-order valence-corrected chi connectivity index (χ2v) is 5.48. The van der Waals surface area contributed by atoms with Crippen molar-refractivity contribution >= 4 is 36.2 Å². The first-order chi connectivity index (χ1) is 9.29. The molecule has 1 amide bonds. The van der Waals surface area contributed by atoms with E-state index in [-0.39, 0.29) is 36.8 Å². The van der Waals surface area contributed by atoms with Crippen LogP contribution in [0, 0.1) is 0 Å². The summed E-state index contributed by atoms with van der Waals surface area (Å²) in [5, 5.41) is 6.63. The summed E-state index contributed by atoms with van der Waals surface area (Å²) in [6, 6.07) is 7.05. The topological polar surface area (TPSA) is 58.4 Å². The summed E-state index contributed by atoms with van der Waals surface area (Å²) < 4.78 is 1.90. The maximum atomic E-state index is 12.2. The molecule has 4 heterocycles. The van der Waals surface area contributed by atoms with Crippen LogP contribution in [0.15, 0.2) is 30.7 Å². The number of hydrogen-bond donors (Lipinski definition) is 2. The lowest BCUT2D eigenvalue weighted by Gasteiger charge is -2.21. The first-order valence-corrected chi connectivity index (χ1v) is 6.79. The van der Waals surface area contributed by atoms with E-state index < -0.39 is 0 Å². The fourth-order valence-corrected chi connectivity index (χ4v) is 3.29. The summed E-state index contributed by atoms with van der Waals surface area (Å²) in [4.78, 5) is 16.4. The first-order valence-electron chi connectivity index (χ1n) is 6.79. The van der Waals surface area contributed by atoms with Crippen molar-refractivity contribution in [3.63, 3.8) is 0 Å². The van der Waals surface area contributed by atoms with E-state index in [0.717, 1.165) is 11.9 Å². The summed E-state index contributed by atoms with van der Waals surface area (Å²) in [5.74, 6) is -0.0666. The third kappa shape index (κ3) is 2.86. The monoisotopic (exact) mass is 328 g/mol. The quantitative estimate of drug-likeness (QED) is 0.883. The van der Waals surface area contributed by atoms with Crippen LogP contribution < -0.4 is 10.6 Å². The number of halogens is 2. The summed E-state index contributed by atoms with van der Waals surface area (Å²) in [5.41, 5.74) is 1.49. The minimum Gasteiger partial charge on any atom is -0.346 e. The van der Waals surface area contributed by atoms with E-state index in [9.17, 15) is 4.79 Å². The van der Waals surface area contributed by atoms with Gasteiger partial charge in [0.25, 0.3) is 5.91 Å². The van der Waals surface area contributed by atoms with Crippen LogP contribution in [-0.2, 0) is 0 Å². The minimum absolute atomic E-state index is 0. The van der Waals surface area contributed by atoms with Gasteiger partial charge in [0.05, 0.1) is 6.33 Å². The number of amides is 1. The molecule has 7 heteroatoms. The molecule has 2 N–H and O–H groups in total. The standard InChI is InChI=1S/C14H16N4O.2ClH/c19-14(17-12-6-9-3-4-11(12)16-9)13-7-10-2-1-5-18(10)8-15-13;;/h1-2,5,7-9,11-12,16H,3-4,6H2,(H,17,19);2*1H/t9-,11+,12?;;/m1../s1. The van der Waals surface area contributed by atoms with Crippen molar-refractivity contribution in [2.75, 3.05) is 0 Å². The highest BCUT2D eigenvalue weighted by Gasteiger charge is 2.39. The van der Waals surface area contributed by atoms with Gasteiger partial charge in [-0.2, -0.15) is 0 Å². The fourth-order valence-electron chi connectivity index (χ4n) is 3.29. The molecule has 21 heavy (non-hydrogen) atoms. The predicted molar refractivity (Wildman–Crippen MR) is 85.5 cm³/mol. The minimum atomic E-state index is -0.0666. The summed E-state index contributed by atoms with van der Waals surface area (Å²) in [6.07, 6.45) is 7.06. The predicted octanol–water partition coefficient (Wildman–Crippen LogP) is 1.80. The number of aromatic nitrogens is 2. The third-order valence-corrected chi connectivity index (χ3v) is 4.27. The van der Waals surface area contributed by atoms with Crippen LogP contribution in [0.3, 0.4) is 0 Å². The maximum Gasteiger partial charge on any atom is 0.270 e. The van der Waals surface area contributed by atoms with Crippen LogP contribution in [-0.4, -0.2) is 33.4 Å². The molecule has 1 unspecified atom stereocenters. The molecule has 0 aromatic carbocycles. The van der Waals surface area contributed by atoms with Crippen molar-refractivity contribution < 1.29 is 4.79 Å². The third-order valence-electron chi connectivity index (χ3n) is 4.27. The molecular formula is C14H18Cl2N4O. The van der Waals surface area contributed by atoms with Crippen LogP contribution >= 0.6 is 24.8 Å². The van der Waals surface area contributed by atoms with Crippen molar-refractivity contribution in [2.24, 2.45) is 0 Å². The molecule has 0 spiro atoms. The van der Waals surface area contributed by atoms with Crippen LogP contribution in [0.4, 0.5) is 0 Å². The Labute approximate surface area is 135 Å². The Morgan fingerprint density at radius 1 is 1.38 bits per heavy atom. The molecule has 2 aromatic heterocycles. The Hall–Kier alpha value is -1.30. The Morgan fingerprint density at radius 3 is 2.95 bits per heavy atom. The number of nitrogens with one attached hydrogen (secondary N) is 2. The van der Waals surface area contributed by atoms with Crippen LogP contribution in [0.2, 0.25) is 0 Å². The molecule has 2 fully saturated rings. The molecule has 0 saturated carbocycles. The Kier molecular flexibility index (Phi) is 4.76. The number of fused-ring (bicyclic) bond motifs is 3. The second kappa shape index (κ2) is 6.22. The van der Waals surface area contributed by atoms with Gasteiger partial charge in [-0.25, -0.2) is 4.98 Å². The zero-order chi connectivity index (χ0) is 12.8. The molecule has 2 aliphatic rings. The Morgan fingerprint density at radius 2 is 2.24 bits per heavy atom. The molecule has 0 radical (unpaired) electrons. The molecule has 0 aliphatic carbocycles. The van der Waals surface area contributed by atoms with E-state index in [1.807, 2.05) is 28.8 Å². The molecule has 2 aromatic rings. The van der Waals surface area contributed by atoms with Crippen LogP contribution in [0.5, 0.6) is 0 Å². The SMILES string of the molecule is Cl.Cl.O=C(NC1C[C@H]2CC[C@@H]1N2)c1cc2cccn2cn1. The van der Waals surface area contributed by atoms with Gasteiger partial charge in [0.15, 0.2) is 0 Å². The van der Waals surface area contributed by atoms with Crippen molar-refractivity contribution in [1.29, 1.82) is 0 Å². The number of hydrogen-bond acceptors (Lipinski definition) is 3. The fraction of sp³-hybridized carbons (Fsp3) is 0.429. The van der Waals surface area contributed by atoms with E-state index in [1.165, 1.54) is 12.8 Å².